The maximum atomic E-state index is 12.9. The van der Waals surface area contributed by atoms with Crippen molar-refractivity contribution in [3.63, 3.8) is 0 Å². The van der Waals surface area contributed by atoms with E-state index in [1.54, 1.807) is 0 Å². The van der Waals surface area contributed by atoms with Crippen molar-refractivity contribution < 1.29 is 28.6 Å². The average molecular weight is 1070 g/mol. The van der Waals surface area contributed by atoms with Gasteiger partial charge in [0.05, 0.1) is 0 Å². The van der Waals surface area contributed by atoms with E-state index in [0.717, 1.165) is 122 Å². The molecule has 0 aliphatic carbocycles. The molecular formula is C71H120O6. The number of hydrogen-bond donors (Lipinski definition) is 0. The Bertz CT molecular complexity index is 1560. The highest BCUT2D eigenvalue weighted by molar-refractivity contribution is 5.71. The Morgan fingerprint density at radius 1 is 0.273 bits per heavy atom. The molecule has 1 atom stereocenters. The maximum absolute atomic E-state index is 12.9. The van der Waals surface area contributed by atoms with Gasteiger partial charge < -0.3 is 14.2 Å². The summed E-state index contributed by atoms with van der Waals surface area (Å²) in [5.74, 6) is -0.951. The molecular weight excluding hydrogens is 949 g/mol. The predicted octanol–water partition coefficient (Wildman–Crippen LogP) is 22.2. The minimum Gasteiger partial charge on any atom is -0.462 e. The van der Waals surface area contributed by atoms with E-state index in [1.165, 1.54) is 135 Å². The van der Waals surface area contributed by atoms with Crippen molar-refractivity contribution in [1.82, 2.24) is 0 Å². The molecule has 77 heavy (non-hydrogen) atoms. The van der Waals surface area contributed by atoms with Gasteiger partial charge in [-0.1, -0.05) is 271 Å². The highest BCUT2D eigenvalue weighted by Gasteiger charge is 2.19. The third-order valence-corrected chi connectivity index (χ3v) is 13.7. The predicted molar refractivity (Wildman–Crippen MR) is 334 cm³/mol. The fraction of sp³-hybridized carbons (Fsp3) is 0.704. The standard InChI is InChI=1S/C71H120O6/c1-4-7-10-13-16-19-22-25-27-28-29-30-31-32-33-34-35-36-37-38-39-40-41-42-44-46-49-52-55-58-61-64-70(73)76-67-68(66-75-69(72)63-60-57-54-51-48-45-24-21-18-15-12-9-6-3)77-71(74)65-62-59-56-53-50-47-43-26-23-20-17-14-11-8-5-2/h8,11-12,15,17,20-22,24-26,28-29,31-32,43,50,53,68H,4-7,9-10,13-14,16,18-19,23,27,30,33-42,44-49,51-52,54-67H2,1-3H3/b11-8-,15-12-,20-17-,24-21-,25-22-,29-28-,32-31-,43-26-,53-50-. The van der Waals surface area contributed by atoms with E-state index < -0.39 is 6.10 Å². The number of rotatable bonds is 58. The van der Waals surface area contributed by atoms with Gasteiger partial charge in [0.1, 0.15) is 13.2 Å². The van der Waals surface area contributed by atoms with E-state index in [0.29, 0.717) is 19.3 Å². The zero-order valence-electron chi connectivity index (χ0n) is 50.4. The molecule has 0 aromatic carbocycles. The normalized spacial score (nSPS) is 12.8. The number of carbonyl (C=O) groups is 3. The molecule has 0 aromatic heterocycles. The molecule has 0 aromatic rings. The SMILES string of the molecule is CC/C=C\C/C=C\C/C=C\C/C=C\CCCCC(=O)OC(COC(=O)CCCCCCC/C=C\C/C=C\CCC)COC(=O)CCCCCCCCCCCCCCCCCC/C=C\C/C=C\C/C=C\CCCCCCC. The van der Waals surface area contributed by atoms with Crippen molar-refractivity contribution in [2.24, 2.45) is 0 Å². The summed E-state index contributed by atoms with van der Waals surface area (Å²) in [5, 5.41) is 0. The average Bonchev–Trinajstić information content (AvgIpc) is 3.43. The van der Waals surface area contributed by atoms with E-state index in [-0.39, 0.29) is 37.5 Å². The van der Waals surface area contributed by atoms with Crippen molar-refractivity contribution in [3.8, 4) is 0 Å². The Kier molecular flexibility index (Phi) is 61.3. The summed E-state index contributed by atoms with van der Waals surface area (Å²) in [6.07, 6.45) is 88.3. The van der Waals surface area contributed by atoms with Crippen LogP contribution in [0.1, 0.15) is 303 Å². The maximum Gasteiger partial charge on any atom is 0.306 e. The molecule has 0 saturated carbocycles. The molecule has 0 fully saturated rings. The third kappa shape index (κ3) is 62.8. The van der Waals surface area contributed by atoms with Crippen LogP contribution in [0.25, 0.3) is 0 Å². The van der Waals surface area contributed by atoms with Gasteiger partial charge in [0, 0.05) is 19.3 Å². The molecule has 0 heterocycles. The first-order valence-corrected chi connectivity index (χ1v) is 32.4. The minimum absolute atomic E-state index is 0.0991. The number of ether oxygens (including phenoxy) is 3. The van der Waals surface area contributed by atoms with Crippen LogP contribution in [0.15, 0.2) is 109 Å². The molecule has 0 bridgehead atoms. The Morgan fingerprint density at radius 3 is 0.870 bits per heavy atom. The fourth-order valence-electron chi connectivity index (χ4n) is 8.89. The van der Waals surface area contributed by atoms with Crippen LogP contribution in [-0.4, -0.2) is 37.2 Å². The van der Waals surface area contributed by atoms with Gasteiger partial charge in [-0.15, -0.1) is 0 Å². The van der Waals surface area contributed by atoms with Crippen LogP contribution in [0.2, 0.25) is 0 Å². The first-order chi connectivity index (χ1) is 38.0. The molecule has 0 aliphatic rings. The van der Waals surface area contributed by atoms with E-state index in [4.69, 9.17) is 14.2 Å². The molecule has 0 N–H and O–H groups in total. The lowest BCUT2D eigenvalue weighted by molar-refractivity contribution is -0.167. The lowest BCUT2D eigenvalue weighted by atomic mass is 10.0. The number of carbonyl (C=O) groups excluding carboxylic acids is 3. The topological polar surface area (TPSA) is 78.9 Å². The second kappa shape index (κ2) is 64.6. The van der Waals surface area contributed by atoms with Crippen molar-refractivity contribution >= 4 is 17.9 Å². The summed E-state index contributed by atoms with van der Waals surface area (Å²) in [5.41, 5.74) is 0. The quantitative estimate of drug-likeness (QED) is 0.0261. The molecule has 0 amide bonds. The largest absolute Gasteiger partial charge is 0.462 e. The highest BCUT2D eigenvalue weighted by Crippen LogP contribution is 2.16. The molecule has 6 nitrogen and oxygen atoms in total. The second-order valence-corrected chi connectivity index (χ2v) is 21.3. The van der Waals surface area contributed by atoms with Crippen LogP contribution in [0.3, 0.4) is 0 Å². The minimum atomic E-state index is -0.807. The lowest BCUT2D eigenvalue weighted by Gasteiger charge is -2.18. The zero-order valence-corrected chi connectivity index (χ0v) is 50.4. The zero-order chi connectivity index (χ0) is 55.7. The monoisotopic (exact) mass is 1070 g/mol. The van der Waals surface area contributed by atoms with Gasteiger partial charge >= 0.3 is 17.9 Å². The van der Waals surface area contributed by atoms with Crippen LogP contribution >= 0.6 is 0 Å². The number of allylic oxidation sites excluding steroid dienone is 18. The molecule has 0 radical (unpaired) electrons. The molecule has 440 valence electrons. The Labute approximate surface area is 476 Å². The van der Waals surface area contributed by atoms with Crippen LogP contribution in [0.4, 0.5) is 0 Å². The molecule has 1 unspecified atom stereocenters. The second-order valence-electron chi connectivity index (χ2n) is 21.3. The summed E-state index contributed by atoms with van der Waals surface area (Å²) < 4.78 is 16.8. The fourth-order valence-corrected chi connectivity index (χ4v) is 8.89. The van der Waals surface area contributed by atoms with Gasteiger partial charge in [-0.25, -0.2) is 0 Å². The Morgan fingerprint density at radius 2 is 0.532 bits per heavy atom. The van der Waals surface area contributed by atoms with Gasteiger partial charge in [0.15, 0.2) is 6.10 Å². The van der Waals surface area contributed by atoms with Crippen LogP contribution in [0.5, 0.6) is 0 Å². The lowest BCUT2D eigenvalue weighted by Crippen LogP contribution is -2.30. The molecule has 0 saturated heterocycles. The van der Waals surface area contributed by atoms with Gasteiger partial charge in [0.25, 0.3) is 0 Å². The Hall–Kier alpha value is -3.93. The van der Waals surface area contributed by atoms with Gasteiger partial charge in [-0.05, 0) is 122 Å². The van der Waals surface area contributed by atoms with Gasteiger partial charge in [-0.3, -0.25) is 14.4 Å². The first kappa shape index (κ1) is 73.1. The van der Waals surface area contributed by atoms with Crippen LogP contribution in [-0.2, 0) is 28.6 Å². The summed E-state index contributed by atoms with van der Waals surface area (Å²) in [7, 11) is 0. The smallest absolute Gasteiger partial charge is 0.306 e. The van der Waals surface area contributed by atoms with E-state index in [9.17, 15) is 14.4 Å². The van der Waals surface area contributed by atoms with Crippen molar-refractivity contribution in [1.29, 1.82) is 0 Å². The first-order valence-electron chi connectivity index (χ1n) is 32.4. The summed E-state index contributed by atoms with van der Waals surface area (Å²) in [6, 6.07) is 0. The molecule has 6 heteroatoms. The summed E-state index contributed by atoms with van der Waals surface area (Å²) in [6.45, 7) is 6.42. The molecule has 0 aliphatic heterocycles. The van der Waals surface area contributed by atoms with Crippen molar-refractivity contribution in [3.05, 3.63) is 109 Å². The third-order valence-electron chi connectivity index (χ3n) is 13.7. The van der Waals surface area contributed by atoms with Crippen LogP contribution < -0.4 is 0 Å². The molecule has 0 spiro atoms. The van der Waals surface area contributed by atoms with E-state index in [2.05, 4.69) is 130 Å². The van der Waals surface area contributed by atoms with Crippen LogP contribution in [0, 0.1) is 0 Å². The summed E-state index contributed by atoms with van der Waals surface area (Å²) >= 11 is 0. The number of unbranched alkanes of at least 4 members (excludes halogenated alkanes) is 29. The van der Waals surface area contributed by atoms with Gasteiger partial charge in [-0.2, -0.15) is 0 Å². The van der Waals surface area contributed by atoms with Crippen molar-refractivity contribution in [2.75, 3.05) is 13.2 Å². The van der Waals surface area contributed by atoms with Gasteiger partial charge in [0.2, 0.25) is 0 Å². The highest BCUT2D eigenvalue weighted by atomic mass is 16.6. The number of hydrogen-bond acceptors (Lipinski definition) is 6. The van der Waals surface area contributed by atoms with Crippen molar-refractivity contribution in [2.45, 2.75) is 309 Å². The van der Waals surface area contributed by atoms with E-state index >= 15 is 0 Å². The van der Waals surface area contributed by atoms with E-state index in [1.807, 2.05) is 0 Å². The molecule has 0 rings (SSSR count). The number of esters is 3. The Balaban J connectivity index is 4.22. The summed E-state index contributed by atoms with van der Waals surface area (Å²) in [4.78, 5) is 38.2.